The topological polar surface area (TPSA) is 69.8 Å². The van der Waals surface area contributed by atoms with Crippen LogP contribution in [0.5, 0.6) is 5.75 Å². The number of hydrogen-bond acceptors (Lipinski definition) is 6. The third kappa shape index (κ3) is 4.20. The number of nitrogens with zero attached hydrogens (tertiary/aromatic N) is 6. The molecule has 5 heterocycles. The smallest absolute Gasteiger partial charge is 0.206 e. The summed E-state index contributed by atoms with van der Waals surface area (Å²) in [5.74, 6) is 2.91. The zero-order chi connectivity index (χ0) is 23.8. The van der Waals surface area contributed by atoms with Crippen LogP contribution in [0, 0.1) is 6.92 Å². The number of aryl methyl sites for hydroxylation is 1. The Kier molecular flexibility index (Phi) is 5.98. The number of aromatic nitrogens is 3. The first-order valence-corrected chi connectivity index (χ1v) is 12.7. The second-order valence-corrected chi connectivity index (χ2v) is 9.60. The lowest BCUT2D eigenvalue weighted by Crippen LogP contribution is -2.40. The zero-order valence-electron chi connectivity index (χ0n) is 20.6. The number of piperidine rings is 1. The minimum Gasteiger partial charge on any atom is -0.495 e. The Balaban J connectivity index is 1.36. The predicted molar refractivity (Wildman–Crippen MR) is 137 cm³/mol. The summed E-state index contributed by atoms with van der Waals surface area (Å²) in [7, 11) is 1.68. The van der Waals surface area contributed by atoms with Crippen molar-refractivity contribution in [3.63, 3.8) is 0 Å². The standard InChI is InChI=1S/C27H33N6O2/c1-19-3-5-23-22(17-19)26-24(7-10-28-23)30-27(32-13-15-35-16-14-32)33(26)20-8-11-31(12-9-20)25-6-4-21(34-2)18-29-25/h3-6,17-18,20H,7-16H2,1-2H3. The van der Waals surface area contributed by atoms with Gasteiger partial charge in [-0.15, -0.1) is 0 Å². The maximum Gasteiger partial charge on any atom is 0.206 e. The Morgan fingerprint density at radius 2 is 1.83 bits per heavy atom. The van der Waals surface area contributed by atoms with E-state index in [9.17, 15) is 0 Å². The zero-order valence-corrected chi connectivity index (χ0v) is 20.6. The molecule has 2 aromatic heterocycles. The van der Waals surface area contributed by atoms with E-state index in [4.69, 9.17) is 19.8 Å². The number of ether oxygens (including phenoxy) is 2. The van der Waals surface area contributed by atoms with Crippen molar-refractivity contribution in [3.05, 3.63) is 47.8 Å². The monoisotopic (exact) mass is 473 g/mol. The molecule has 0 spiro atoms. The van der Waals surface area contributed by atoms with E-state index in [-0.39, 0.29) is 0 Å². The summed E-state index contributed by atoms with van der Waals surface area (Å²) in [5, 5.41) is 4.90. The fourth-order valence-electron chi connectivity index (χ4n) is 5.55. The highest BCUT2D eigenvalue weighted by molar-refractivity contribution is 5.78. The molecular weight excluding hydrogens is 440 g/mol. The Morgan fingerprint density at radius 1 is 1.00 bits per heavy atom. The molecule has 3 aromatic rings. The maximum atomic E-state index is 5.66. The van der Waals surface area contributed by atoms with Crippen LogP contribution in [-0.4, -0.2) is 67.6 Å². The molecule has 1 aromatic carbocycles. The summed E-state index contributed by atoms with van der Waals surface area (Å²) < 4.78 is 13.5. The molecule has 183 valence electrons. The van der Waals surface area contributed by atoms with Crippen molar-refractivity contribution in [2.45, 2.75) is 32.2 Å². The van der Waals surface area contributed by atoms with Gasteiger partial charge in [0.25, 0.3) is 0 Å². The molecular formula is C27H33N6O2. The molecule has 8 nitrogen and oxygen atoms in total. The van der Waals surface area contributed by atoms with Gasteiger partial charge in [0.2, 0.25) is 5.95 Å². The molecule has 8 heteroatoms. The van der Waals surface area contributed by atoms with Gasteiger partial charge in [0.1, 0.15) is 11.6 Å². The van der Waals surface area contributed by atoms with Crippen LogP contribution < -0.4 is 19.9 Å². The molecule has 0 amide bonds. The third-order valence-corrected chi connectivity index (χ3v) is 7.41. The summed E-state index contributed by atoms with van der Waals surface area (Å²) >= 11 is 0. The van der Waals surface area contributed by atoms with E-state index in [0.29, 0.717) is 6.04 Å². The number of hydrogen-bond donors (Lipinski definition) is 0. The fourth-order valence-corrected chi connectivity index (χ4v) is 5.55. The van der Waals surface area contributed by atoms with Crippen LogP contribution in [0.15, 0.2) is 36.5 Å². The number of methoxy groups -OCH3 is 1. The minimum absolute atomic E-state index is 0.380. The molecule has 2 saturated heterocycles. The van der Waals surface area contributed by atoms with Crippen LogP contribution in [0.25, 0.3) is 11.3 Å². The number of benzene rings is 1. The summed E-state index contributed by atoms with van der Waals surface area (Å²) in [6.45, 7) is 8.15. The van der Waals surface area contributed by atoms with Crippen molar-refractivity contribution >= 4 is 17.5 Å². The van der Waals surface area contributed by atoms with E-state index < -0.39 is 0 Å². The van der Waals surface area contributed by atoms with Gasteiger partial charge >= 0.3 is 0 Å². The first kappa shape index (κ1) is 22.2. The average molecular weight is 474 g/mol. The number of anilines is 2. The fraction of sp³-hybridized carbons (Fsp3) is 0.481. The van der Waals surface area contributed by atoms with Gasteiger partial charge in [0.15, 0.2) is 0 Å². The van der Waals surface area contributed by atoms with E-state index in [1.54, 1.807) is 13.3 Å². The molecule has 0 aliphatic carbocycles. The second kappa shape index (κ2) is 9.41. The van der Waals surface area contributed by atoms with Gasteiger partial charge < -0.3 is 23.8 Å². The highest BCUT2D eigenvalue weighted by Crippen LogP contribution is 2.41. The molecule has 35 heavy (non-hydrogen) atoms. The Labute approximate surface area is 206 Å². The largest absolute Gasteiger partial charge is 0.495 e. The molecule has 0 N–H and O–H groups in total. The van der Waals surface area contributed by atoms with Crippen molar-refractivity contribution in [2.75, 3.05) is 62.8 Å². The average Bonchev–Trinajstić information content (AvgIpc) is 3.20. The molecule has 2 fully saturated rings. The van der Waals surface area contributed by atoms with Gasteiger partial charge in [-0.05, 0) is 44.0 Å². The Morgan fingerprint density at radius 3 is 2.57 bits per heavy atom. The van der Waals surface area contributed by atoms with E-state index in [2.05, 4.69) is 50.5 Å². The van der Waals surface area contributed by atoms with Gasteiger partial charge in [-0.2, -0.15) is 0 Å². The van der Waals surface area contributed by atoms with Crippen molar-refractivity contribution in [2.24, 2.45) is 0 Å². The van der Waals surface area contributed by atoms with E-state index in [0.717, 1.165) is 88.4 Å². The van der Waals surface area contributed by atoms with Crippen LogP contribution in [-0.2, 0) is 11.2 Å². The van der Waals surface area contributed by atoms with Gasteiger partial charge in [0.05, 0.1) is 43.6 Å². The SMILES string of the molecule is COc1ccc(N2CCC(n3c(N4CCOCC4)nc4c3-c3cc(C)ccc3[N]CC4)CC2)nc1. The minimum atomic E-state index is 0.380. The molecule has 0 unspecified atom stereocenters. The predicted octanol–water partition coefficient (Wildman–Crippen LogP) is 3.73. The third-order valence-electron chi connectivity index (χ3n) is 7.41. The lowest BCUT2D eigenvalue weighted by Gasteiger charge is -2.37. The highest BCUT2D eigenvalue weighted by Gasteiger charge is 2.32. The van der Waals surface area contributed by atoms with Gasteiger partial charge in [-0.25, -0.2) is 9.97 Å². The van der Waals surface area contributed by atoms with Crippen molar-refractivity contribution in [3.8, 4) is 17.0 Å². The Hall–Kier alpha value is -3.26. The normalized spacial score (nSPS) is 18.5. The molecule has 0 atom stereocenters. The maximum absolute atomic E-state index is 5.66. The summed E-state index contributed by atoms with van der Waals surface area (Å²) in [6, 6.07) is 11.1. The van der Waals surface area contributed by atoms with Crippen LogP contribution >= 0.6 is 0 Å². The van der Waals surface area contributed by atoms with Gasteiger partial charge in [-0.3, -0.25) is 5.32 Å². The van der Waals surface area contributed by atoms with Gasteiger partial charge in [0, 0.05) is 50.7 Å². The highest BCUT2D eigenvalue weighted by atomic mass is 16.5. The quantitative estimate of drug-likeness (QED) is 0.575. The first-order valence-electron chi connectivity index (χ1n) is 12.7. The molecule has 3 aliphatic heterocycles. The number of morpholine rings is 1. The number of rotatable bonds is 4. The van der Waals surface area contributed by atoms with Crippen LogP contribution in [0.2, 0.25) is 0 Å². The lowest BCUT2D eigenvalue weighted by molar-refractivity contribution is 0.121. The van der Waals surface area contributed by atoms with Crippen molar-refractivity contribution < 1.29 is 9.47 Å². The first-order chi connectivity index (χ1) is 17.2. The summed E-state index contributed by atoms with van der Waals surface area (Å²) in [4.78, 5) is 14.7. The van der Waals surface area contributed by atoms with Crippen LogP contribution in [0.3, 0.4) is 0 Å². The van der Waals surface area contributed by atoms with Crippen LogP contribution in [0.1, 0.15) is 30.1 Å². The summed E-state index contributed by atoms with van der Waals surface area (Å²) in [6.07, 6.45) is 4.77. The second-order valence-electron chi connectivity index (χ2n) is 9.60. The number of pyridine rings is 1. The van der Waals surface area contributed by atoms with Crippen LogP contribution in [0.4, 0.5) is 17.5 Å². The van der Waals surface area contributed by atoms with Crippen molar-refractivity contribution in [1.29, 1.82) is 0 Å². The van der Waals surface area contributed by atoms with E-state index in [1.165, 1.54) is 22.5 Å². The Bertz CT molecular complexity index is 1180. The van der Waals surface area contributed by atoms with Gasteiger partial charge in [-0.1, -0.05) is 11.6 Å². The molecule has 0 bridgehead atoms. The molecule has 3 aliphatic rings. The van der Waals surface area contributed by atoms with E-state index >= 15 is 0 Å². The number of fused-ring (bicyclic) bond motifs is 3. The van der Waals surface area contributed by atoms with E-state index in [1.807, 2.05) is 6.07 Å². The summed E-state index contributed by atoms with van der Waals surface area (Å²) in [5.41, 5.74) is 6.02. The lowest BCUT2D eigenvalue weighted by atomic mass is 10.0. The number of imidazole rings is 1. The molecule has 0 saturated carbocycles. The molecule has 1 radical (unpaired) electrons. The van der Waals surface area contributed by atoms with Crippen molar-refractivity contribution in [1.82, 2.24) is 19.9 Å². The molecule has 6 rings (SSSR count).